The molecule has 2 aliphatic heterocycles. The molecule has 6 heteroatoms. The highest BCUT2D eigenvalue weighted by atomic mass is 16.2. The number of nitrogens with zero attached hydrogens (tertiary/aromatic N) is 4. The Morgan fingerprint density at radius 3 is 2.26 bits per heavy atom. The van der Waals surface area contributed by atoms with Gasteiger partial charge in [0, 0.05) is 45.0 Å². The van der Waals surface area contributed by atoms with Crippen LogP contribution in [0.1, 0.15) is 24.0 Å². The van der Waals surface area contributed by atoms with Crippen LogP contribution in [0.3, 0.4) is 0 Å². The largest absolute Gasteiger partial charge is 0.368 e. The van der Waals surface area contributed by atoms with E-state index < -0.39 is 0 Å². The van der Waals surface area contributed by atoms with E-state index in [0.29, 0.717) is 13.1 Å². The Morgan fingerprint density at radius 2 is 1.63 bits per heavy atom. The average molecular weight is 373 g/mol. The summed E-state index contributed by atoms with van der Waals surface area (Å²) in [5, 5.41) is 0. The summed E-state index contributed by atoms with van der Waals surface area (Å²) in [6, 6.07) is 6.51. The van der Waals surface area contributed by atoms with Crippen LogP contribution in [0, 0.1) is 13.8 Å². The fourth-order valence-electron chi connectivity index (χ4n) is 4.06. The van der Waals surface area contributed by atoms with Gasteiger partial charge in [0.1, 0.15) is 0 Å². The van der Waals surface area contributed by atoms with Crippen molar-refractivity contribution in [1.29, 1.82) is 0 Å². The predicted octanol–water partition coefficient (Wildman–Crippen LogP) is 1.50. The smallest absolute Gasteiger partial charge is 0.312 e. The molecule has 148 valence electrons. The van der Waals surface area contributed by atoms with Gasteiger partial charge < -0.3 is 19.6 Å². The van der Waals surface area contributed by atoms with Crippen molar-refractivity contribution in [3.8, 4) is 0 Å². The first-order valence-corrected chi connectivity index (χ1v) is 9.94. The van der Waals surface area contributed by atoms with E-state index >= 15 is 0 Å². The predicted molar refractivity (Wildman–Crippen MR) is 108 cm³/mol. The lowest BCUT2D eigenvalue weighted by Gasteiger charge is -2.38. The van der Waals surface area contributed by atoms with E-state index in [1.165, 1.54) is 16.8 Å². The van der Waals surface area contributed by atoms with Gasteiger partial charge in [-0.2, -0.15) is 0 Å². The van der Waals surface area contributed by atoms with Gasteiger partial charge in [0.25, 0.3) is 0 Å². The molecule has 0 aliphatic carbocycles. The minimum absolute atomic E-state index is 0.175. The fraction of sp³-hybridized carbons (Fsp3) is 0.619. The summed E-state index contributed by atoms with van der Waals surface area (Å²) in [5.41, 5.74) is 3.80. The molecule has 0 unspecified atom stereocenters. The Bertz CT molecular complexity index is 689. The van der Waals surface area contributed by atoms with Crippen molar-refractivity contribution in [2.45, 2.75) is 32.7 Å². The molecule has 3 rings (SSSR count). The molecule has 0 N–H and O–H groups in total. The van der Waals surface area contributed by atoms with Gasteiger partial charge in [0.05, 0.1) is 0 Å². The highest BCUT2D eigenvalue weighted by Gasteiger charge is 2.32. The number of rotatable bonds is 2. The van der Waals surface area contributed by atoms with E-state index in [2.05, 4.69) is 48.9 Å². The Hall–Kier alpha value is -2.08. The van der Waals surface area contributed by atoms with Crippen molar-refractivity contribution < 1.29 is 9.59 Å². The van der Waals surface area contributed by atoms with Crippen LogP contribution in [-0.2, 0) is 9.59 Å². The Balaban J connectivity index is 1.56. The third-order valence-electron chi connectivity index (χ3n) is 6.22. The van der Waals surface area contributed by atoms with Gasteiger partial charge in [0.15, 0.2) is 0 Å². The van der Waals surface area contributed by atoms with Crippen LogP contribution in [-0.4, -0.2) is 85.9 Å². The van der Waals surface area contributed by atoms with Gasteiger partial charge in [-0.05, 0) is 64.0 Å². The van der Waals surface area contributed by atoms with Crippen LogP contribution in [0.4, 0.5) is 5.69 Å². The minimum atomic E-state index is -0.357. The van der Waals surface area contributed by atoms with E-state index in [4.69, 9.17) is 0 Å². The number of carbonyl (C=O) groups excluding carboxylic acids is 2. The number of carbonyl (C=O) groups is 2. The molecule has 1 aromatic rings. The standard InChI is InChI=1S/C21H32N4O2/c1-16-6-5-7-19(17(16)2)24-12-14-25(15-13-24)21(27)20(26)23(4)18-8-10-22(3)11-9-18/h5-7,18H,8-15H2,1-4H3. The average Bonchev–Trinajstić information content (AvgIpc) is 2.69. The number of hydrogen-bond acceptors (Lipinski definition) is 4. The molecule has 0 aromatic heterocycles. The molecule has 1 aromatic carbocycles. The number of likely N-dealkylation sites (tertiary alicyclic amines) is 1. The van der Waals surface area contributed by atoms with Gasteiger partial charge in [-0.15, -0.1) is 0 Å². The topological polar surface area (TPSA) is 47.1 Å². The molecule has 0 atom stereocenters. The summed E-state index contributed by atoms with van der Waals surface area (Å²) in [4.78, 5) is 33.4. The lowest BCUT2D eigenvalue weighted by atomic mass is 10.0. The molecular weight excluding hydrogens is 340 g/mol. The number of piperazine rings is 1. The van der Waals surface area contributed by atoms with E-state index in [1.807, 2.05) is 0 Å². The Morgan fingerprint density at radius 1 is 1.00 bits per heavy atom. The van der Waals surface area contributed by atoms with Crippen LogP contribution < -0.4 is 4.90 Å². The van der Waals surface area contributed by atoms with E-state index in [0.717, 1.165) is 39.0 Å². The summed E-state index contributed by atoms with van der Waals surface area (Å²) in [6.45, 7) is 8.94. The van der Waals surface area contributed by atoms with Gasteiger partial charge in [-0.1, -0.05) is 12.1 Å². The zero-order valence-electron chi connectivity index (χ0n) is 17.1. The second-order valence-corrected chi connectivity index (χ2v) is 7.95. The van der Waals surface area contributed by atoms with E-state index in [9.17, 15) is 9.59 Å². The van der Waals surface area contributed by atoms with Crippen molar-refractivity contribution in [3.63, 3.8) is 0 Å². The zero-order chi connectivity index (χ0) is 19.6. The SMILES string of the molecule is Cc1cccc(N2CCN(C(=O)C(=O)N(C)C3CCN(C)CC3)CC2)c1C. The molecule has 0 saturated carbocycles. The molecule has 0 spiro atoms. The maximum atomic E-state index is 12.7. The summed E-state index contributed by atoms with van der Waals surface area (Å²) in [5.74, 6) is -0.707. The third-order valence-corrected chi connectivity index (χ3v) is 6.22. The summed E-state index contributed by atoms with van der Waals surface area (Å²) >= 11 is 0. The number of piperidine rings is 1. The summed E-state index contributed by atoms with van der Waals surface area (Å²) < 4.78 is 0. The first kappa shape index (κ1) is 19.7. The second-order valence-electron chi connectivity index (χ2n) is 7.95. The number of anilines is 1. The highest BCUT2D eigenvalue weighted by Crippen LogP contribution is 2.24. The molecule has 2 aliphatic rings. The quantitative estimate of drug-likeness (QED) is 0.739. The molecule has 0 radical (unpaired) electrons. The third kappa shape index (κ3) is 4.26. The van der Waals surface area contributed by atoms with Crippen molar-refractivity contribution in [1.82, 2.24) is 14.7 Å². The molecular formula is C21H32N4O2. The van der Waals surface area contributed by atoms with Crippen LogP contribution >= 0.6 is 0 Å². The monoisotopic (exact) mass is 372 g/mol. The minimum Gasteiger partial charge on any atom is -0.368 e. The number of amides is 2. The highest BCUT2D eigenvalue weighted by molar-refractivity contribution is 6.34. The van der Waals surface area contributed by atoms with Crippen LogP contribution in [0.25, 0.3) is 0 Å². The van der Waals surface area contributed by atoms with E-state index in [-0.39, 0.29) is 17.9 Å². The van der Waals surface area contributed by atoms with Crippen LogP contribution in [0.15, 0.2) is 18.2 Å². The summed E-state index contributed by atoms with van der Waals surface area (Å²) in [7, 11) is 3.88. The van der Waals surface area contributed by atoms with Gasteiger partial charge in [-0.3, -0.25) is 9.59 Å². The van der Waals surface area contributed by atoms with E-state index in [1.54, 1.807) is 16.8 Å². The van der Waals surface area contributed by atoms with Gasteiger partial charge in [-0.25, -0.2) is 0 Å². The van der Waals surface area contributed by atoms with Crippen molar-refractivity contribution in [2.75, 3.05) is 58.3 Å². The molecule has 2 heterocycles. The summed E-state index contributed by atoms with van der Waals surface area (Å²) in [6.07, 6.45) is 1.87. The van der Waals surface area contributed by atoms with Crippen LogP contribution in [0.2, 0.25) is 0 Å². The molecule has 27 heavy (non-hydrogen) atoms. The molecule has 2 amide bonds. The molecule has 2 saturated heterocycles. The normalized spacial score (nSPS) is 19.3. The maximum Gasteiger partial charge on any atom is 0.312 e. The Labute approximate surface area is 162 Å². The van der Waals surface area contributed by atoms with Gasteiger partial charge in [0.2, 0.25) is 0 Å². The lowest BCUT2D eigenvalue weighted by Crippen LogP contribution is -2.55. The molecule has 2 fully saturated rings. The van der Waals surface area contributed by atoms with Crippen molar-refractivity contribution >= 4 is 17.5 Å². The van der Waals surface area contributed by atoms with Crippen molar-refractivity contribution in [3.05, 3.63) is 29.3 Å². The second kappa shape index (κ2) is 8.30. The first-order chi connectivity index (χ1) is 12.9. The van der Waals surface area contributed by atoms with Crippen molar-refractivity contribution in [2.24, 2.45) is 0 Å². The maximum absolute atomic E-state index is 12.7. The first-order valence-electron chi connectivity index (χ1n) is 9.94. The molecule has 0 bridgehead atoms. The lowest BCUT2D eigenvalue weighted by molar-refractivity contribution is -0.152. The molecule has 6 nitrogen and oxygen atoms in total. The number of aryl methyl sites for hydroxylation is 1. The van der Waals surface area contributed by atoms with Gasteiger partial charge >= 0.3 is 11.8 Å². The number of hydrogen-bond donors (Lipinski definition) is 0. The number of likely N-dealkylation sites (N-methyl/N-ethyl adjacent to an activating group) is 1. The fourth-order valence-corrected chi connectivity index (χ4v) is 4.06. The zero-order valence-corrected chi connectivity index (χ0v) is 17.1. The van der Waals surface area contributed by atoms with Crippen LogP contribution in [0.5, 0.6) is 0 Å². The number of benzene rings is 1. The Kier molecular flexibility index (Phi) is 6.05.